The fourth-order valence-corrected chi connectivity index (χ4v) is 0.320. The Morgan fingerprint density at radius 2 is 2.57 bits per heavy atom. The van der Waals surface area contributed by atoms with Gasteiger partial charge in [-0.05, 0) is 18.6 Å². The van der Waals surface area contributed by atoms with Crippen LogP contribution in [-0.4, -0.2) is 4.98 Å². The van der Waals surface area contributed by atoms with Crippen LogP contribution >= 0.6 is 0 Å². The van der Waals surface area contributed by atoms with Crippen molar-refractivity contribution in [3.05, 3.63) is 30.1 Å². The van der Waals surface area contributed by atoms with Gasteiger partial charge in [0.15, 0.2) is 0 Å². The lowest BCUT2D eigenvalue weighted by Crippen LogP contribution is -1.72. The predicted octanol–water partition coefficient (Wildman–Crippen LogP) is 0.791. The van der Waals surface area contributed by atoms with Gasteiger partial charge in [0.2, 0.25) is 0 Å². The van der Waals surface area contributed by atoms with Gasteiger partial charge in [-0.1, -0.05) is 0 Å². The van der Waals surface area contributed by atoms with Crippen LogP contribution in [0.3, 0.4) is 0 Å². The smallest absolute Gasteiger partial charge is 0.0978 e. The fraction of sp³-hybridized carbons (Fsp3) is 0.167. The Hall–Kier alpha value is -0.850. The van der Waals surface area contributed by atoms with Crippen molar-refractivity contribution in [2.75, 3.05) is 0 Å². The molecular weight excluding hydrogens is 86.1 g/mol. The van der Waals surface area contributed by atoms with E-state index in [1.54, 1.807) is 6.20 Å². The van der Waals surface area contributed by atoms with E-state index < -0.39 is 0 Å². The molecule has 1 nitrogen and oxygen atoms in total. The molecule has 1 rings (SSSR count). The van der Waals surface area contributed by atoms with E-state index in [2.05, 4.69) is 23.3 Å². The molecule has 0 bridgehead atoms. The van der Waals surface area contributed by atoms with E-state index in [0.29, 0.717) is 0 Å². The summed E-state index contributed by atoms with van der Waals surface area (Å²) in [4.78, 5) is 3.67. The van der Waals surface area contributed by atoms with Crippen molar-refractivity contribution in [2.45, 2.75) is 6.92 Å². The van der Waals surface area contributed by atoms with Crippen LogP contribution in [0, 0.1) is 25.3 Å². The molecule has 0 saturated carbocycles. The minimum absolute atomic E-state index is 0.999. The first-order valence-electron chi connectivity index (χ1n) is 2.02. The number of aryl methyl sites for hydroxylation is 1. The maximum absolute atomic E-state index is 3.67. The zero-order valence-corrected chi connectivity index (χ0v) is 4.02. The molecular formula is C6H4N. The van der Waals surface area contributed by atoms with Crippen molar-refractivity contribution >= 4 is 0 Å². The molecule has 0 aliphatic heterocycles. The molecule has 0 saturated heterocycles. The van der Waals surface area contributed by atoms with Crippen LogP contribution in [0.15, 0.2) is 6.20 Å². The number of pyridine rings is 1. The highest BCUT2D eigenvalue weighted by Gasteiger charge is 1.75. The van der Waals surface area contributed by atoms with E-state index in [1.165, 1.54) is 0 Å². The molecule has 3 radical (unpaired) electrons. The summed E-state index contributed by atoms with van der Waals surface area (Å²) in [6, 6.07) is 5.39. The number of hydrogen-bond acceptors (Lipinski definition) is 1. The topological polar surface area (TPSA) is 12.9 Å². The summed E-state index contributed by atoms with van der Waals surface area (Å²) in [5.41, 5.74) is 0.999. The SMILES string of the molecule is Cc1[c][c][c]nc1. The highest BCUT2D eigenvalue weighted by Crippen LogP contribution is 1.85. The van der Waals surface area contributed by atoms with E-state index >= 15 is 0 Å². The van der Waals surface area contributed by atoms with Crippen molar-refractivity contribution < 1.29 is 0 Å². The van der Waals surface area contributed by atoms with Crippen molar-refractivity contribution in [2.24, 2.45) is 0 Å². The Bertz CT molecular complexity index is 134. The van der Waals surface area contributed by atoms with E-state index in [1.807, 2.05) is 6.92 Å². The number of nitrogens with zero attached hydrogens (tertiary/aromatic N) is 1. The minimum atomic E-state index is 0.999. The van der Waals surface area contributed by atoms with Crippen LogP contribution in [0.1, 0.15) is 5.56 Å². The fourth-order valence-electron chi connectivity index (χ4n) is 0.320. The van der Waals surface area contributed by atoms with Gasteiger partial charge in [0.1, 0.15) is 0 Å². The van der Waals surface area contributed by atoms with E-state index in [9.17, 15) is 0 Å². The number of hydrogen-bond donors (Lipinski definition) is 0. The first-order chi connectivity index (χ1) is 3.39. The molecule has 1 heteroatoms. The van der Waals surface area contributed by atoms with Crippen LogP contribution in [0.2, 0.25) is 0 Å². The maximum Gasteiger partial charge on any atom is 0.0978 e. The Kier molecular flexibility index (Phi) is 1.07. The Morgan fingerprint density at radius 3 is 2.86 bits per heavy atom. The molecule has 0 atom stereocenters. The lowest BCUT2D eigenvalue weighted by Gasteiger charge is -1.79. The summed E-state index contributed by atoms with van der Waals surface area (Å²) >= 11 is 0. The molecule has 0 unspecified atom stereocenters. The minimum Gasteiger partial charge on any atom is -0.254 e. The van der Waals surface area contributed by atoms with E-state index in [0.717, 1.165) is 5.56 Å². The molecule has 1 heterocycles. The lowest BCUT2D eigenvalue weighted by atomic mass is 10.3. The largest absolute Gasteiger partial charge is 0.254 e. The van der Waals surface area contributed by atoms with Gasteiger partial charge in [0.25, 0.3) is 0 Å². The van der Waals surface area contributed by atoms with Crippen LogP contribution in [0.25, 0.3) is 0 Å². The van der Waals surface area contributed by atoms with Gasteiger partial charge in [-0.3, -0.25) is 4.98 Å². The van der Waals surface area contributed by atoms with Crippen LogP contribution in [0.4, 0.5) is 0 Å². The first-order valence-corrected chi connectivity index (χ1v) is 2.02. The van der Waals surface area contributed by atoms with Gasteiger partial charge in [-0.2, -0.15) is 0 Å². The van der Waals surface area contributed by atoms with Gasteiger partial charge >= 0.3 is 0 Å². The summed E-state index contributed by atoms with van der Waals surface area (Å²) in [7, 11) is 0. The van der Waals surface area contributed by atoms with Crippen molar-refractivity contribution in [1.29, 1.82) is 0 Å². The van der Waals surface area contributed by atoms with E-state index in [4.69, 9.17) is 0 Å². The average Bonchev–Trinajstić information content (AvgIpc) is 1.69. The van der Waals surface area contributed by atoms with Crippen molar-refractivity contribution in [3.8, 4) is 0 Å². The molecule has 0 spiro atoms. The highest BCUT2D eigenvalue weighted by atomic mass is 14.6. The highest BCUT2D eigenvalue weighted by molar-refractivity contribution is 5.00. The van der Waals surface area contributed by atoms with Crippen molar-refractivity contribution in [1.82, 2.24) is 4.98 Å². The van der Waals surface area contributed by atoms with Crippen molar-refractivity contribution in [3.63, 3.8) is 0 Å². The molecule has 0 fully saturated rings. The molecule has 1 aromatic rings. The molecule has 0 amide bonds. The number of rotatable bonds is 0. The van der Waals surface area contributed by atoms with Gasteiger partial charge in [0, 0.05) is 12.3 Å². The Balaban J connectivity index is 3.02. The number of aromatic nitrogens is 1. The second kappa shape index (κ2) is 1.73. The summed E-state index contributed by atoms with van der Waals surface area (Å²) in [6.45, 7) is 1.91. The molecule has 0 aliphatic rings. The normalized spacial score (nSPS) is 8.71. The zero-order valence-electron chi connectivity index (χ0n) is 4.02. The lowest BCUT2D eigenvalue weighted by molar-refractivity contribution is 1.24. The molecule has 1 aromatic heterocycles. The molecule has 0 aliphatic carbocycles. The molecule has 0 N–H and O–H groups in total. The summed E-state index contributed by atoms with van der Waals surface area (Å²) in [6.07, 6.45) is 4.19. The van der Waals surface area contributed by atoms with Gasteiger partial charge in [-0.25, -0.2) is 0 Å². The first kappa shape index (κ1) is 4.31. The molecule has 33 valence electrons. The molecule has 0 aromatic carbocycles. The quantitative estimate of drug-likeness (QED) is 0.459. The third kappa shape index (κ3) is 1.000. The average molecular weight is 90.1 g/mol. The van der Waals surface area contributed by atoms with Crippen LogP contribution in [-0.2, 0) is 0 Å². The summed E-state index contributed by atoms with van der Waals surface area (Å²) < 4.78 is 0. The molecule has 7 heavy (non-hydrogen) atoms. The van der Waals surface area contributed by atoms with E-state index in [-0.39, 0.29) is 0 Å². The maximum atomic E-state index is 3.67. The monoisotopic (exact) mass is 90.0 g/mol. The van der Waals surface area contributed by atoms with Gasteiger partial charge < -0.3 is 0 Å². The standard InChI is InChI=1S/C6H4N/c1-6-3-2-4-7-5-6/h5H,1H3. The second-order valence-corrected chi connectivity index (χ2v) is 1.30. The zero-order chi connectivity index (χ0) is 5.11. The Labute approximate surface area is 43.0 Å². The summed E-state index contributed by atoms with van der Waals surface area (Å²) in [5.74, 6) is 0. The third-order valence-corrected chi connectivity index (χ3v) is 0.638. The summed E-state index contributed by atoms with van der Waals surface area (Å²) in [5, 5.41) is 0. The van der Waals surface area contributed by atoms with Gasteiger partial charge in [0.05, 0.1) is 6.20 Å². The third-order valence-electron chi connectivity index (χ3n) is 0.638. The predicted molar refractivity (Wildman–Crippen MR) is 25.5 cm³/mol. The Morgan fingerprint density at radius 1 is 1.71 bits per heavy atom. The second-order valence-electron chi connectivity index (χ2n) is 1.30. The van der Waals surface area contributed by atoms with Crippen LogP contribution in [0.5, 0.6) is 0 Å². The van der Waals surface area contributed by atoms with Crippen LogP contribution < -0.4 is 0 Å². The van der Waals surface area contributed by atoms with Gasteiger partial charge in [-0.15, -0.1) is 0 Å².